The fraction of sp³-hybridized carbons (Fsp3) is 0.286. The number of hydrogen-bond acceptors (Lipinski definition) is 5. The summed E-state index contributed by atoms with van der Waals surface area (Å²) in [6.07, 6.45) is 3.38. The van der Waals surface area contributed by atoms with E-state index in [0.29, 0.717) is 22.9 Å². The Balaban J connectivity index is 1.69. The van der Waals surface area contributed by atoms with Crippen LogP contribution in [0.3, 0.4) is 0 Å². The Morgan fingerprint density at radius 1 is 1.06 bits per heavy atom. The van der Waals surface area contributed by atoms with E-state index in [9.17, 15) is 13.6 Å². The molecule has 0 atom stereocenters. The summed E-state index contributed by atoms with van der Waals surface area (Å²) in [7, 11) is 1.60. The summed E-state index contributed by atoms with van der Waals surface area (Å²) >= 11 is 0. The van der Waals surface area contributed by atoms with Crippen molar-refractivity contribution in [2.75, 3.05) is 20.2 Å². The van der Waals surface area contributed by atoms with Crippen molar-refractivity contribution in [1.29, 1.82) is 0 Å². The maximum atomic E-state index is 14.9. The first-order valence-electron chi connectivity index (χ1n) is 11.9. The van der Waals surface area contributed by atoms with Gasteiger partial charge in [-0.15, -0.1) is 0 Å². The molecule has 0 spiro atoms. The minimum Gasteiger partial charge on any atom is -0.497 e. The van der Waals surface area contributed by atoms with Gasteiger partial charge in [0.2, 0.25) is 0 Å². The van der Waals surface area contributed by atoms with Crippen molar-refractivity contribution in [3.8, 4) is 34.0 Å². The number of piperidine rings is 1. The molecular weight excluding hydrogens is 464 g/mol. The average molecular weight is 492 g/mol. The van der Waals surface area contributed by atoms with Crippen molar-refractivity contribution < 1.29 is 17.9 Å². The lowest BCUT2D eigenvalue weighted by Crippen LogP contribution is -2.26. The van der Waals surface area contributed by atoms with Gasteiger partial charge >= 0.3 is 0 Å². The molecule has 1 fully saturated rings. The Hall–Kier alpha value is -3.78. The molecule has 1 N–H and O–H groups in total. The first-order chi connectivity index (χ1) is 17.4. The van der Waals surface area contributed by atoms with E-state index in [4.69, 9.17) is 14.1 Å². The molecule has 0 bridgehead atoms. The molecule has 2 aromatic heterocycles. The second-order valence-electron chi connectivity index (χ2n) is 9.11. The molecule has 36 heavy (non-hydrogen) atoms. The van der Waals surface area contributed by atoms with Crippen molar-refractivity contribution >= 4 is 0 Å². The zero-order valence-electron chi connectivity index (χ0n) is 20.4. The molecule has 0 saturated carbocycles. The number of pyridine rings is 1. The average Bonchev–Trinajstić information content (AvgIpc) is 3.30. The van der Waals surface area contributed by atoms with Gasteiger partial charge in [-0.2, -0.15) is 0 Å². The predicted octanol–water partition coefficient (Wildman–Crippen LogP) is 5.53. The third-order valence-corrected chi connectivity index (χ3v) is 6.63. The summed E-state index contributed by atoms with van der Waals surface area (Å²) in [6.45, 7) is 5.50. The molecular formula is C28H27F2N3O3. The van der Waals surface area contributed by atoms with E-state index >= 15 is 0 Å². The molecule has 0 unspecified atom stereocenters. The number of aryl methyl sites for hydroxylation is 2. The Morgan fingerprint density at radius 2 is 1.78 bits per heavy atom. The van der Waals surface area contributed by atoms with Crippen LogP contribution in [-0.4, -0.2) is 29.8 Å². The number of rotatable bonds is 5. The normalized spacial score (nSPS) is 14.2. The SMILES string of the molecule is COc1cc(C)c(-n2cc(-c3nc(C4CCNCC4)oc3-c3ccc(F)cc3F)ccc2=O)c(C)c1. The van der Waals surface area contributed by atoms with Crippen LogP contribution in [0.5, 0.6) is 5.75 Å². The second-order valence-corrected chi connectivity index (χ2v) is 9.11. The van der Waals surface area contributed by atoms with Crippen LogP contribution in [0.15, 0.2) is 57.9 Å². The summed E-state index contributed by atoms with van der Waals surface area (Å²) in [4.78, 5) is 17.7. The van der Waals surface area contributed by atoms with Gasteiger partial charge in [-0.05, 0) is 81.2 Å². The van der Waals surface area contributed by atoms with Crippen LogP contribution in [-0.2, 0) is 0 Å². The Morgan fingerprint density at radius 3 is 2.44 bits per heavy atom. The fourth-order valence-corrected chi connectivity index (χ4v) is 4.85. The summed E-state index contributed by atoms with van der Waals surface area (Å²) < 4.78 is 41.6. The Kier molecular flexibility index (Phi) is 6.45. The van der Waals surface area contributed by atoms with Crippen molar-refractivity contribution in [2.45, 2.75) is 32.6 Å². The van der Waals surface area contributed by atoms with Gasteiger partial charge in [-0.1, -0.05) is 0 Å². The van der Waals surface area contributed by atoms with Gasteiger partial charge in [0.05, 0.1) is 18.4 Å². The lowest BCUT2D eigenvalue weighted by molar-refractivity contribution is 0.378. The molecule has 1 aliphatic rings. The Labute approximate surface area is 207 Å². The first kappa shape index (κ1) is 23.9. The van der Waals surface area contributed by atoms with Crippen molar-refractivity contribution in [1.82, 2.24) is 14.9 Å². The summed E-state index contributed by atoms with van der Waals surface area (Å²) in [6, 6.07) is 10.2. The van der Waals surface area contributed by atoms with Crippen LogP contribution in [0.4, 0.5) is 8.78 Å². The van der Waals surface area contributed by atoms with Gasteiger partial charge in [0, 0.05) is 29.8 Å². The maximum absolute atomic E-state index is 14.9. The second kappa shape index (κ2) is 9.70. The molecule has 6 nitrogen and oxygen atoms in total. The van der Waals surface area contributed by atoms with E-state index in [0.717, 1.165) is 48.8 Å². The summed E-state index contributed by atoms with van der Waals surface area (Å²) in [5, 5.41) is 3.32. The zero-order valence-corrected chi connectivity index (χ0v) is 20.4. The highest BCUT2D eigenvalue weighted by atomic mass is 19.1. The topological polar surface area (TPSA) is 69.3 Å². The molecule has 1 aliphatic heterocycles. The number of halogens is 2. The number of benzene rings is 2. The van der Waals surface area contributed by atoms with Gasteiger partial charge < -0.3 is 14.5 Å². The van der Waals surface area contributed by atoms with E-state index < -0.39 is 11.6 Å². The molecule has 4 aromatic rings. The van der Waals surface area contributed by atoms with Crippen LogP contribution in [0.1, 0.15) is 35.8 Å². The van der Waals surface area contributed by atoms with Crippen LogP contribution in [0, 0.1) is 25.5 Å². The largest absolute Gasteiger partial charge is 0.497 e. The van der Waals surface area contributed by atoms with Crippen molar-refractivity contribution in [2.24, 2.45) is 0 Å². The van der Waals surface area contributed by atoms with Crippen molar-refractivity contribution in [3.05, 3.63) is 87.7 Å². The summed E-state index contributed by atoms with van der Waals surface area (Å²) in [5.74, 6) is 0.109. The standard InChI is InChI=1S/C28H27F2N3O3/c1-16-12-21(35-3)13-17(2)26(16)33-15-19(4-7-24(33)34)25-27(22-6-5-20(29)14-23(22)30)36-28(32-25)18-8-10-31-11-9-18/h4-7,12-15,18,31H,8-11H2,1-3H3. The number of hydrogen-bond donors (Lipinski definition) is 1. The van der Waals surface area contributed by atoms with Crippen molar-refractivity contribution in [3.63, 3.8) is 0 Å². The fourth-order valence-electron chi connectivity index (χ4n) is 4.85. The lowest BCUT2D eigenvalue weighted by atomic mass is 9.98. The zero-order chi connectivity index (χ0) is 25.4. The van der Waals surface area contributed by atoms with Crippen LogP contribution in [0.2, 0.25) is 0 Å². The monoisotopic (exact) mass is 491 g/mol. The van der Waals surface area contributed by atoms with Gasteiger partial charge in [0.1, 0.15) is 23.1 Å². The van der Waals surface area contributed by atoms with Crippen LogP contribution in [0.25, 0.3) is 28.3 Å². The number of ether oxygens (including phenoxy) is 1. The maximum Gasteiger partial charge on any atom is 0.255 e. The highest BCUT2D eigenvalue weighted by Gasteiger charge is 2.26. The molecule has 8 heteroatoms. The molecule has 1 saturated heterocycles. The van der Waals surface area contributed by atoms with Gasteiger partial charge in [-0.25, -0.2) is 13.8 Å². The molecule has 0 radical (unpaired) electrons. The first-order valence-corrected chi connectivity index (χ1v) is 11.9. The third-order valence-electron chi connectivity index (χ3n) is 6.63. The quantitative estimate of drug-likeness (QED) is 0.398. The predicted molar refractivity (Wildman–Crippen MR) is 134 cm³/mol. The minimum absolute atomic E-state index is 0.0826. The van der Waals surface area contributed by atoms with Gasteiger partial charge in [0.25, 0.3) is 5.56 Å². The number of oxazole rings is 1. The van der Waals surface area contributed by atoms with Crippen LogP contribution < -0.4 is 15.6 Å². The highest BCUT2D eigenvalue weighted by molar-refractivity contribution is 5.77. The van der Waals surface area contributed by atoms with E-state index in [1.54, 1.807) is 23.9 Å². The highest BCUT2D eigenvalue weighted by Crippen LogP contribution is 2.38. The molecule has 186 valence electrons. The van der Waals surface area contributed by atoms with E-state index in [2.05, 4.69) is 5.32 Å². The lowest BCUT2D eigenvalue weighted by Gasteiger charge is -2.19. The molecule has 0 amide bonds. The Bertz CT molecular complexity index is 1460. The molecule has 5 rings (SSSR count). The van der Waals surface area contributed by atoms with E-state index in [-0.39, 0.29) is 22.8 Å². The summed E-state index contributed by atoms with van der Waals surface area (Å²) in [5.41, 5.74) is 3.37. The number of aromatic nitrogens is 2. The third kappa shape index (κ3) is 4.44. The molecule has 0 aliphatic carbocycles. The van der Waals surface area contributed by atoms with E-state index in [1.807, 2.05) is 26.0 Å². The molecule has 2 aromatic carbocycles. The number of nitrogens with one attached hydrogen (secondary N) is 1. The van der Waals surface area contributed by atoms with E-state index in [1.165, 1.54) is 18.2 Å². The van der Waals surface area contributed by atoms with Crippen LogP contribution >= 0.6 is 0 Å². The molecule has 3 heterocycles. The van der Waals surface area contributed by atoms with Gasteiger partial charge in [-0.3, -0.25) is 9.36 Å². The number of methoxy groups -OCH3 is 1. The smallest absolute Gasteiger partial charge is 0.255 e. The van der Waals surface area contributed by atoms with Gasteiger partial charge in [0.15, 0.2) is 11.7 Å². The minimum atomic E-state index is -0.737. The number of nitrogens with zero attached hydrogens (tertiary/aromatic N) is 2.